The van der Waals surface area contributed by atoms with Crippen molar-refractivity contribution in [3.63, 3.8) is 0 Å². The van der Waals surface area contributed by atoms with E-state index in [1.54, 1.807) is 5.57 Å². The SMILES string of the molecule is CC1=CCC[C@H](C)[C@@H]1CN1CC[C@@H](N2CCOCC2)C1. The average Bonchev–Trinajstić information content (AvgIpc) is 2.93. The summed E-state index contributed by atoms with van der Waals surface area (Å²) in [4.78, 5) is 5.36. The Morgan fingerprint density at radius 1 is 1.20 bits per heavy atom. The van der Waals surface area contributed by atoms with Crippen LogP contribution in [0.3, 0.4) is 0 Å². The Morgan fingerprint density at radius 3 is 2.75 bits per heavy atom. The molecule has 3 heteroatoms. The van der Waals surface area contributed by atoms with Gasteiger partial charge < -0.3 is 9.64 Å². The third kappa shape index (κ3) is 3.26. The Morgan fingerprint density at radius 2 is 2.00 bits per heavy atom. The molecule has 0 aromatic rings. The Labute approximate surface area is 124 Å². The normalized spacial score (nSPS) is 37.1. The van der Waals surface area contributed by atoms with Gasteiger partial charge in [0.25, 0.3) is 0 Å². The van der Waals surface area contributed by atoms with Crippen molar-refractivity contribution in [2.24, 2.45) is 11.8 Å². The van der Waals surface area contributed by atoms with E-state index in [4.69, 9.17) is 4.74 Å². The summed E-state index contributed by atoms with van der Waals surface area (Å²) < 4.78 is 5.47. The highest BCUT2D eigenvalue weighted by molar-refractivity contribution is 5.09. The van der Waals surface area contributed by atoms with Crippen molar-refractivity contribution < 1.29 is 4.74 Å². The Hall–Kier alpha value is -0.380. The van der Waals surface area contributed by atoms with Crippen LogP contribution >= 0.6 is 0 Å². The van der Waals surface area contributed by atoms with Crippen LogP contribution in [0.25, 0.3) is 0 Å². The second-order valence-corrected chi connectivity index (χ2v) is 6.96. The summed E-state index contributed by atoms with van der Waals surface area (Å²) in [6.07, 6.45) is 6.49. The summed E-state index contributed by atoms with van der Waals surface area (Å²) in [7, 11) is 0. The topological polar surface area (TPSA) is 15.7 Å². The zero-order valence-corrected chi connectivity index (χ0v) is 13.2. The van der Waals surface area contributed by atoms with E-state index in [2.05, 4.69) is 29.7 Å². The van der Waals surface area contributed by atoms with Crippen molar-refractivity contribution in [3.8, 4) is 0 Å². The molecule has 0 saturated carbocycles. The first-order chi connectivity index (χ1) is 9.74. The molecule has 3 nitrogen and oxygen atoms in total. The van der Waals surface area contributed by atoms with Crippen molar-refractivity contribution in [2.75, 3.05) is 45.9 Å². The quantitative estimate of drug-likeness (QED) is 0.737. The monoisotopic (exact) mass is 278 g/mol. The van der Waals surface area contributed by atoms with Gasteiger partial charge in [-0.15, -0.1) is 0 Å². The Bertz CT molecular complexity index is 349. The molecule has 3 atom stereocenters. The first kappa shape index (κ1) is 14.6. The molecule has 0 aromatic heterocycles. The highest BCUT2D eigenvalue weighted by Crippen LogP contribution is 2.31. The Balaban J connectivity index is 1.52. The van der Waals surface area contributed by atoms with Gasteiger partial charge in [0, 0.05) is 32.2 Å². The van der Waals surface area contributed by atoms with E-state index in [1.165, 1.54) is 38.9 Å². The van der Waals surface area contributed by atoms with Crippen LogP contribution in [-0.2, 0) is 4.74 Å². The molecule has 3 aliphatic rings. The molecule has 20 heavy (non-hydrogen) atoms. The van der Waals surface area contributed by atoms with Gasteiger partial charge in [0.15, 0.2) is 0 Å². The summed E-state index contributed by atoms with van der Waals surface area (Å²) in [5.74, 6) is 1.66. The predicted molar refractivity (Wildman–Crippen MR) is 82.9 cm³/mol. The van der Waals surface area contributed by atoms with E-state index < -0.39 is 0 Å². The number of nitrogens with zero attached hydrogens (tertiary/aromatic N) is 2. The molecule has 0 bridgehead atoms. The third-order valence-corrected chi connectivity index (χ3v) is 5.62. The van der Waals surface area contributed by atoms with Crippen LogP contribution in [0.5, 0.6) is 0 Å². The fourth-order valence-electron chi connectivity index (χ4n) is 4.20. The maximum absolute atomic E-state index is 5.47. The second-order valence-electron chi connectivity index (χ2n) is 6.96. The number of hydrogen-bond donors (Lipinski definition) is 0. The van der Waals surface area contributed by atoms with Gasteiger partial charge in [-0.2, -0.15) is 0 Å². The highest BCUT2D eigenvalue weighted by Gasteiger charge is 2.31. The van der Waals surface area contributed by atoms with Gasteiger partial charge in [-0.25, -0.2) is 0 Å². The van der Waals surface area contributed by atoms with E-state index >= 15 is 0 Å². The lowest BCUT2D eigenvalue weighted by atomic mass is 9.80. The maximum atomic E-state index is 5.47. The number of likely N-dealkylation sites (tertiary alicyclic amines) is 1. The van der Waals surface area contributed by atoms with Crippen molar-refractivity contribution >= 4 is 0 Å². The van der Waals surface area contributed by atoms with E-state index in [0.717, 1.165) is 44.2 Å². The number of allylic oxidation sites excluding steroid dienone is 1. The molecule has 0 aromatic carbocycles. The summed E-state index contributed by atoms with van der Waals surface area (Å²) in [6, 6.07) is 0.780. The van der Waals surface area contributed by atoms with Gasteiger partial charge >= 0.3 is 0 Å². The van der Waals surface area contributed by atoms with Crippen LogP contribution in [0.1, 0.15) is 33.1 Å². The summed E-state index contributed by atoms with van der Waals surface area (Å²) in [5.41, 5.74) is 1.64. The van der Waals surface area contributed by atoms with Crippen LogP contribution in [-0.4, -0.2) is 61.8 Å². The lowest BCUT2D eigenvalue weighted by molar-refractivity contribution is 0.0182. The Kier molecular flexibility index (Phi) is 4.79. The van der Waals surface area contributed by atoms with Gasteiger partial charge in [0.05, 0.1) is 13.2 Å². The molecule has 2 fully saturated rings. The molecule has 3 rings (SSSR count). The molecule has 2 aliphatic heterocycles. The van der Waals surface area contributed by atoms with Crippen LogP contribution in [0.4, 0.5) is 0 Å². The zero-order valence-electron chi connectivity index (χ0n) is 13.2. The minimum absolute atomic E-state index is 0.780. The molecule has 2 heterocycles. The number of rotatable bonds is 3. The van der Waals surface area contributed by atoms with Crippen molar-refractivity contribution in [2.45, 2.75) is 39.2 Å². The lowest BCUT2D eigenvalue weighted by Crippen LogP contribution is -2.45. The van der Waals surface area contributed by atoms with Gasteiger partial charge in [-0.05, 0) is 44.6 Å². The van der Waals surface area contributed by atoms with E-state index in [1.807, 2.05) is 0 Å². The number of hydrogen-bond acceptors (Lipinski definition) is 3. The standard InChI is InChI=1S/C17H30N2O/c1-14-4-3-5-15(2)17(14)13-18-7-6-16(12-18)19-8-10-20-11-9-19/h4,15-17H,3,5-13H2,1-2H3/t15-,16+,17+/m0/s1. The summed E-state index contributed by atoms with van der Waals surface area (Å²) in [5, 5.41) is 0. The van der Waals surface area contributed by atoms with Crippen LogP contribution in [0, 0.1) is 11.8 Å². The number of ether oxygens (including phenoxy) is 1. The minimum atomic E-state index is 0.780. The molecular formula is C17H30N2O. The van der Waals surface area contributed by atoms with E-state index in [-0.39, 0.29) is 0 Å². The van der Waals surface area contributed by atoms with Gasteiger partial charge in [-0.1, -0.05) is 18.6 Å². The molecule has 114 valence electrons. The largest absolute Gasteiger partial charge is 0.379 e. The minimum Gasteiger partial charge on any atom is -0.379 e. The molecule has 2 saturated heterocycles. The van der Waals surface area contributed by atoms with Crippen LogP contribution in [0.15, 0.2) is 11.6 Å². The average molecular weight is 278 g/mol. The van der Waals surface area contributed by atoms with Gasteiger partial charge in [0.2, 0.25) is 0 Å². The fraction of sp³-hybridized carbons (Fsp3) is 0.882. The molecule has 0 unspecified atom stereocenters. The lowest BCUT2D eigenvalue weighted by Gasteiger charge is -2.34. The summed E-state index contributed by atoms with van der Waals surface area (Å²) in [6.45, 7) is 12.8. The smallest absolute Gasteiger partial charge is 0.0594 e. The maximum Gasteiger partial charge on any atom is 0.0594 e. The first-order valence-corrected chi connectivity index (χ1v) is 8.45. The number of morpholine rings is 1. The zero-order chi connectivity index (χ0) is 13.9. The van der Waals surface area contributed by atoms with Crippen LogP contribution < -0.4 is 0 Å². The molecule has 0 spiro atoms. The molecule has 1 aliphatic carbocycles. The van der Waals surface area contributed by atoms with Crippen molar-refractivity contribution in [3.05, 3.63) is 11.6 Å². The third-order valence-electron chi connectivity index (χ3n) is 5.62. The van der Waals surface area contributed by atoms with Crippen LogP contribution in [0.2, 0.25) is 0 Å². The van der Waals surface area contributed by atoms with Crippen molar-refractivity contribution in [1.82, 2.24) is 9.80 Å². The van der Waals surface area contributed by atoms with Crippen molar-refractivity contribution in [1.29, 1.82) is 0 Å². The second kappa shape index (κ2) is 6.59. The fourth-order valence-corrected chi connectivity index (χ4v) is 4.20. The first-order valence-electron chi connectivity index (χ1n) is 8.45. The highest BCUT2D eigenvalue weighted by atomic mass is 16.5. The summed E-state index contributed by atoms with van der Waals surface area (Å²) >= 11 is 0. The molecule has 0 radical (unpaired) electrons. The molecule has 0 N–H and O–H groups in total. The van der Waals surface area contributed by atoms with E-state index in [9.17, 15) is 0 Å². The van der Waals surface area contributed by atoms with E-state index in [0.29, 0.717) is 0 Å². The molecular weight excluding hydrogens is 248 g/mol. The van der Waals surface area contributed by atoms with Gasteiger partial charge in [0.1, 0.15) is 0 Å². The predicted octanol–water partition coefficient (Wildman–Crippen LogP) is 2.39. The molecule has 0 amide bonds. The van der Waals surface area contributed by atoms with Gasteiger partial charge in [-0.3, -0.25) is 4.90 Å².